The van der Waals surface area contributed by atoms with Crippen molar-refractivity contribution in [1.29, 1.82) is 0 Å². The van der Waals surface area contributed by atoms with E-state index in [0.717, 1.165) is 28.3 Å². The number of ether oxygens (including phenoxy) is 2. The molecule has 2 aliphatic heterocycles. The Balaban J connectivity index is 1.40. The number of carbonyl (C=O) groups is 2. The minimum atomic E-state index is -0.423. The van der Waals surface area contributed by atoms with E-state index in [1.165, 1.54) is 11.8 Å². The fraction of sp³-hybridized carbons (Fsp3) is 0.190. The molecule has 2 aromatic rings. The van der Waals surface area contributed by atoms with Gasteiger partial charge in [-0.05, 0) is 59.8 Å². The molecular formula is C21H17BrN2O4S. The van der Waals surface area contributed by atoms with E-state index in [-0.39, 0.29) is 5.91 Å². The van der Waals surface area contributed by atoms with Gasteiger partial charge in [0.25, 0.3) is 5.91 Å². The molecule has 29 heavy (non-hydrogen) atoms. The highest BCUT2D eigenvalue weighted by Gasteiger charge is 2.27. The van der Waals surface area contributed by atoms with E-state index in [1.54, 1.807) is 54.6 Å². The summed E-state index contributed by atoms with van der Waals surface area (Å²) in [6.45, 7) is 2.77. The molecule has 2 heterocycles. The van der Waals surface area contributed by atoms with Crippen LogP contribution in [0.5, 0.6) is 5.75 Å². The lowest BCUT2D eigenvalue weighted by molar-refractivity contribution is -0.113. The van der Waals surface area contributed by atoms with Crippen LogP contribution in [0.2, 0.25) is 0 Å². The SMILES string of the molecule is O=C1N=C(N2CCOCC2)S/C1=C/c1ccc(OC(=O)c2ccc(Br)cc2)cc1. The Hall–Kier alpha value is -2.42. The maximum Gasteiger partial charge on any atom is 0.343 e. The zero-order valence-electron chi connectivity index (χ0n) is 15.3. The molecule has 4 rings (SSSR count). The summed E-state index contributed by atoms with van der Waals surface area (Å²) in [5.41, 5.74) is 1.31. The van der Waals surface area contributed by atoms with Gasteiger partial charge in [-0.25, -0.2) is 4.79 Å². The highest BCUT2D eigenvalue weighted by Crippen LogP contribution is 2.31. The molecule has 0 saturated carbocycles. The predicted octanol–water partition coefficient (Wildman–Crippen LogP) is 3.97. The van der Waals surface area contributed by atoms with Crippen molar-refractivity contribution in [1.82, 2.24) is 4.90 Å². The number of amidine groups is 1. The first kappa shape index (κ1) is 19.9. The molecule has 0 bridgehead atoms. The van der Waals surface area contributed by atoms with Crippen LogP contribution in [0.4, 0.5) is 0 Å². The van der Waals surface area contributed by atoms with Gasteiger partial charge in [0.1, 0.15) is 5.75 Å². The average molecular weight is 473 g/mol. The predicted molar refractivity (Wildman–Crippen MR) is 116 cm³/mol. The molecule has 2 aromatic carbocycles. The molecule has 0 aliphatic carbocycles. The van der Waals surface area contributed by atoms with Crippen molar-refractivity contribution in [2.75, 3.05) is 26.3 Å². The molecular weight excluding hydrogens is 456 g/mol. The van der Waals surface area contributed by atoms with E-state index >= 15 is 0 Å². The minimum Gasteiger partial charge on any atom is -0.423 e. The number of carbonyl (C=O) groups excluding carboxylic acids is 2. The fourth-order valence-electron chi connectivity index (χ4n) is 2.82. The van der Waals surface area contributed by atoms with Gasteiger partial charge in [-0.1, -0.05) is 28.1 Å². The number of halogens is 1. The van der Waals surface area contributed by atoms with Crippen molar-refractivity contribution in [3.8, 4) is 5.75 Å². The second kappa shape index (κ2) is 8.94. The van der Waals surface area contributed by atoms with Crippen LogP contribution in [-0.2, 0) is 9.53 Å². The monoisotopic (exact) mass is 472 g/mol. The molecule has 0 aromatic heterocycles. The first-order valence-electron chi connectivity index (χ1n) is 9.01. The van der Waals surface area contributed by atoms with Crippen molar-refractivity contribution in [3.63, 3.8) is 0 Å². The quantitative estimate of drug-likeness (QED) is 0.382. The smallest absolute Gasteiger partial charge is 0.343 e. The Morgan fingerprint density at radius 2 is 1.79 bits per heavy atom. The highest BCUT2D eigenvalue weighted by molar-refractivity contribution is 9.10. The van der Waals surface area contributed by atoms with Crippen LogP contribution in [0.1, 0.15) is 15.9 Å². The van der Waals surface area contributed by atoms with Gasteiger partial charge in [-0.3, -0.25) is 4.79 Å². The van der Waals surface area contributed by atoms with Gasteiger partial charge < -0.3 is 14.4 Å². The Morgan fingerprint density at radius 3 is 2.48 bits per heavy atom. The Bertz CT molecular complexity index is 981. The van der Waals surface area contributed by atoms with E-state index in [0.29, 0.717) is 29.4 Å². The summed E-state index contributed by atoms with van der Waals surface area (Å²) in [5, 5.41) is 0.726. The average Bonchev–Trinajstić information content (AvgIpc) is 3.11. The Morgan fingerprint density at radius 1 is 1.10 bits per heavy atom. The molecule has 0 radical (unpaired) electrons. The van der Waals surface area contributed by atoms with Gasteiger partial charge in [0, 0.05) is 17.6 Å². The third-order valence-electron chi connectivity index (χ3n) is 4.36. The van der Waals surface area contributed by atoms with E-state index in [2.05, 4.69) is 25.8 Å². The van der Waals surface area contributed by atoms with Gasteiger partial charge in [0.2, 0.25) is 0 Å². The molecule has 0 spiro atoms. The van der Waals surface area contributed by atoms with Gasteiger partial charge in [-0.15, -0.1) is 0 Å². The van der Waals surface area contributed by atoms with Crippen molar-refractivity contribution >= 4 is 50.8 Å². The number of amides is 1. The maximum atomic E-state index is 12.2. The van der Waals surface area contributed by atoms with Crippen molar-refractivity contribution in [2.45, 2.75) is 0 Å². The number of morpholine rings is 1. The lowest BCUT2D eigenvalue weighted by Gasteiger charge is -2.27. The first-order valence-corrected chi connectivity index (χ1v) is 10.6. The van der Waals surface area contributed by atoms with Crippen LogP contribution in [0.15, 0.2) is 62.9 Å². The van der Waals surface area contributed by atoms with Crippen LogP contribution in [0, 0.1) is 0 Å². The zero-order valence-corrected chi connectivity index (χ0v) is 17.7. The molecule has 0 unspecified atom stereocenters. The molecule has 1 saturated heterocycles. The van der Waals surface area contributed by atoms with Gasteiger partial charge >= 0.3 is 5.97 Å². The number of aliphatic imine (C=N–C) groups is 1. The van der Waals surface area contributed by atoms with Crippen molar-refractivity contribution in [3.05, 3.63) is 69.0 Å². The highest BCUT2D eigenvalue weighted by atomic mass is 79.9. The number of thioether (sulfide) groups is 1. The molecule has 8 heteroatoms. The standard InChI is InChI=1S/C21H17BrN2O4S/c22-16-5-3-15(4-6-16)20(26)28-17-7-1-14(2-8-17)13-18-19(25)23-21(29-18)24-9-11-27-12-10-24/h1-8,13H,9-12H2/b18-13+. The number of nitrogens with zero attached hydrogens (tertiary/aromatic N) is 2. The van der Waals surface area contributed by atoms with Crippen molar-refractivity contribution < 1.29 is 19.1 Å². The molecule has 1 fully saturated rings. The summed E-state index contributed by atoms with van der Waals surface area (Å²) in [4.78, 5) is 31.2. The van der Waals surface area contributed by atoms with Gasteiger partial charge in [-0.2, -0.15) is 4.99 Å². The normalized spacial score (nSPS) is 18.1. The minimum absolute atomic E-state index is 0.234. The summed E-state index contributed by atoms with van der Waals surface area (Å²) in [6, 6.07) is 14.0. The number of esters is 1. The topological polar surface area (TPSA) is 68.2 Å². The van der Waals surface area contributed by atoms with Crippen molar-refractivity contribution in [2.24, 2.45) is 4.99 Å². The van der Waals surface area contributed by atoms with Crippen LogP contribution in [-0.4, -0.2) is 48.2 Å². The lowest BCUT2D eigenvalue weighted by atomic mass is 10.2. The third-order valence-corrected chi connectivity index (χ3v) is 5.93. The Kier molecular flexibility index (Phi) is 6.13. The van der Waals surface area contributed by atoms with Gasteiger partial charge in [0.05, 0.1) is 23.7 Å². The third kappa shape index (κ3) is 4.95. The molecule has 0 N–H and O–H groups in total. The largest absolute Gasteiger partial charge is 0.423 e. The van der Waals surface area contributed by atoms with Crippen LogP contribution in [0.3, 0.4) is 0 Å². The summed E-state index contributed by atoms with van der Waals surface area (Å²) in [6.07, 6.45) is 1.80. The zero-order chi connectivity index (χ0) is 20.2. The molecule has 2 aliphatic rings. The number of hydrogen-bond donors (Lipinski definition) is 0. The van der Waals surface area contributed by atoms with Crippen LogP contribution in [0.25, 0.3) is 6.08 Å². The molecule has 148 valence electrons. The summed E-state index contributed by atoms with van der Waals surface area (Å²) >= 11 is 4.71. The molecule has 0 atom stereocenters. The second-order valence-electron chi connectivity index (χ2n) is 6.38. The maximum absolute atomic E-state index is 12.2. The summed E-state index contributed by atoms with van der Waals surface area (Å²) in [7, 11) is 0. The Labute approximate surface area is 180 Å². The number of benzene rings is 2. The van der Waals surface area contributed by atoms with Gasteiger partial charge in [0.15, 0.2) is 5.17 Å². The van der Waals surface area contributed by atoms with Crippen LogP contribution < -0.4 is 4.74 Å². The second-order valence-corrected chi connectivity index (χ2v) is 8.30. The molecule has 6 nitrogen and oxygen atoms in total. The first-order chi connectivity index (χ1) is 14.1. The van der Waals surface area contributed by atoms with E-state index < -0.39 is 5.97 Å². The summed E-state index contributed by atoms with van der Waals surface area (Å²) in [5.74, 6) is -0.216. The fourth-order valence-corrected chi connectivity index (χ4v) is 4.05. The van der Waals surface area contributed by atoms with Crippen LogP contribution >= 0.6 is 27.7 Å². The van der Waals surface area contributed by atoms with E-state index in [1.807, 2.05) is 0 Å². The lowest BCUT2D eigenvalue weighted by Crippen LogP contribution is -2.38. The summed E-state index contributed by atoms with van der Waals surface area (Å²) < 4.78 is 11.6. The number of rotatable bonds is 3. The van der Waals surface area contributed by atoms with E-state index in [4.69, 9.17) is 9.47 Å². The molecule has 1 amide bonds. The number of hydrogen-bond acceptors (Lipinski definition) is 6. The van der Waals surface area contributed by atoms with E-state index in [9.17, 15) is 9.59 Å².